The molecule has 1 heterocycles. The molecule has 0 bridgehead atoms. The molecule has 1 saturated heterocycles. The molecule has 1 atom stereocenters. The second-order valence-corrected chi connectivity index (χ2v) is 6.13. The lowest BCUT2D eigenvalue weighted by Gasteiger charge is -2.41. The average Bonchev–Trinajstić information content (AvgIpc) is 2.89. The maximum absolute atomic E-state index is 12.9. The molecule has 18 heavy (non-hydrogen) atoms. The lowest BCUT2D eigenvalue weighted by atomic mass is 9.83. The Morgan fingerprint density at radius 1 is 1.28 bits per heavy atom. The Kier molecular flexibility index (Phi) is 4.66. The summed E-state index contributed by atoms with van der Waals surface area (Å²) < 4.78 is 0. The minimum Gasteiger partial charge on any atom is -0.339 e. The van der Waals surface area contributed by atoms with Crippen molar-refractivity contribution in [3.63, 3.8) is 0 Å². The smallest absolute Gasteiger partial charge is 0.230 e. The van der Waals surface area contributed by atoms with E-state index in [0.29, 0.717) is 18.5 Å². The van der Waals surface area contributed by atoms with Crippen LogP contribution in [0.2, 0.25) is 0 Å². The molecule has 0 aromatic rings. The van der Waals surface area contributed by atoms with Crippen LogP contribution in [0, 0.1) is 5.41 Å². The van der Waals surface area contributed by atoms with Gasteiger partial charge in [-0.2, -0.15) is 0 Å². The third-order valence-electron chi connectivity index (χ3n) is 4.91. The van der Waals surface area contributed by atoms with E-state index in [4.69, 9.17) is 5.73 Å². The van der Waals surface area contributed by atoms with Gasteiger partial charge >= 0.3 is 0 Å². The topological polar surface area (TPSA) is 46.3 Å². The highest BCUT2D eigenvalue weighted by Crippen LogP contribution is 2.40. The first-order valence-corrected chi connectivity index (χ1v) is 7.74. The predicted molar refractivity (Wildman–Crippen MR) is 74.2 cm³/mol. The van der Waals surface area contributed by atoms with E-state index in [1.807, 2.05) is 0 Å². The minimum atomic E-state index is -0.205. The molecule has 1 aliphatic carbocycles. The highest BCUT2D eigenvalue weighted by molar-refractivity contribution is 5.83. The van der Waals surface area contributed by atoms with Gasteiger partial charge in [0.25, 0.3) is 0 Å². The maximum atomic E-state index is 12.9. The van der Waals surface area contributed by atoms with Crippen molar-refractivity contribution in [3.8, 4) is 0 Å². The van der Waals surface area contributed by atoms with Gasteiger partial charge in [-0.15, -0.1) is 0 Å². The number of rotatable bonds is 4. The molecular formula is C15H28N2O. The molecule has 1 amide bonds. The van der Waals surface area contributed by atoms with Crippen LogP contribution < -0.4 is 5.73 Å². The number of amides is 1. The summed E-state index contributed by atoms with van der Waals surface area (Å²) in [5, 5.41) is 0. The molecule has 2 fully saturated rings. The summed E-state index contributed by atoms with van der Waals surface area (Å²) in [5.74, 6) is 0.376. The highest BCUT2D eigenvalue weighted by Gasteiger charge is 2.44. The van der Waals surface area contributed by atoms with Crippen LogP contribution in [-0.4, -0.2) is 29.9 Å². The molecule has 2 N–H and O–H groups in total. The fourth-order valence-electron chi connectivity index (χ4n) is 3.76. The zero-order valence-electron chi connectivity index (χ0n) is 11.8. The molecule has 1 aliphatic heterocycles. The summed E-state index contributed by atoms with van der Waals surface area (Å²) in [6.45, 7) is 3.72. The van der Waals surface area contributed by atoms with Crippen LogP contribution in [-0.2, 0) is 4.79 Å². The summed E-state index contributed by atoms with van der Waals surface area (Å²) >= 11 is 0. The maximum Gasteiger partial charge on any atom is 0.230 e. The van der Waals surface area contributed by atoms with E-state index in [2.05, 4.69) is 11.8 Å². The van der Waals surface area contributed by atoms with E-state index < -0.39 is 0 Å². The van der Waals surface area contributed by atoms with Gasteiger partial charge in [0, 0.05) is 19.1 Å². The Hall–Kier alpha value is -0.570. The number of hydrogen-bond acceptors (Lipinski definition) is 2. The van der Waals surface area contributed by atoms with Crippen LogP contribution in [0.4, 0.5) is 0 Å². The molecule has 0 spiro atoms. The standard InChI is InChI=1S/C15H28N2O/c1-2-7-13-8-3-6-11-17(13)14(18)15(12-16)9-4-5-10-15/h13H,2-12,16H2,1H3. The molecule has 0 aromatic heterocycles. The molecule has 0 radical (unpaired) electrons. The van der Waals surface area contributed by atoms with Gasteiger partial charge in [0.2, 0.25) is 5.91 Å². The van der Waals surface area contributed by atoms with Crippen molar-refractivity contribution in [1.29, 1.82) is 0 Å². The molecule has 3 heteroatoms. The normalized spacial score (nSPS) is 27.4. The molecule has 2 aliphatic rings. The fourth-order valence-corrected chi connectivity index (χ4v) is 3.76. The van der Waals surface area contributed by atoms with Gasteiger partial charge in [-0.05, 0) is 38.5 Å². The van der Waals surface area contributed by atoms with Crippen LogP contribution in [0.1, 0.15) is 64.7 Å². The number of piperidine rings is 1. The largest absolute Gasteiger partial charge is 0.339 e. The predicted octanol–water partition coefficient (Wildman–Crippen LogP) is 2.69. The summed E-state index contributed by atoms with van der Waals surface area (Å²) in [4.78, 5) is 15.1. The SMILES string of the molecule is CCCC1CCCCN1C(=O)C1(CN)CCCC1. The summed E-state index contributed by atoms with van der Waals surface area (Å²) in [6.07, 6.45) is 10.4. The zero-order valence-corrected chi connectivity index (χ0v) is 11.8. The van der Waals surface area contributed by atoms with Crippen molar-refractivity contribution in [2.75, 3.05) is 13.1 Å². The molecule has 3 nitrogen and oxygen atoms in total. The van der Waals surface area contributed by atoms with Crippen molar-refractivity contribution in [1.82, 2.24) is 4.90 Å². The second-order valence-electron chi connectivity index (χ2n) is 6.13. The number of nitrogens with two attached hydrogens (primary N) is 1. The van der Waals surface area contributed by atoms with Gasteiger partial charge in [-0.1, -0.05) is 26.2 Å². The molecule has 2 rings (SSSR count). The van der Waals surface area contributed by atoms with E-state index in [0.717, 1.165) is 25.8 Å². The number of hydrogen-bond donors (Lipinski definition) is 1. The quantitative estimate of drug-likeness (QED) is 0.836. The van der Waals surface area contributed by atoms with Crippen LogP contribution in [0.15, 0.2) is 0 Å². The summed E-state index contributed by atoms with van der Waals surface area (Å²) in [6, 6.07) is 0.486. The third kappa shape index (κ3) is 2.56. The highest BCUT2D eigenvalue weighted by atomic mass is 16.2. The zero-order chi connectivity index (χ0) is 13.0. The lowest BCUT2D eigenvalue weighted by molar-refractivity contribution is -0.145. The minimum absolute atomic E-state index is 0.205. The van der Waals surface area contributed by atoms with Crippen molar-refractivity contribution < 1.29 is 4.79 Å². The monoisotopic (exact) mass is 252 g/mol. The van der Waals surface area contributed by atoms with Gasteiger partial charge in [0.05, 0.1) is 5.41 Å². The Balaban J connectivity index is 2.09. The molecule has 1 unspecified atom stereocenters. The van der Waals surface area contributed by atoms with Gasteiger partial charge in [-0.3, -0.25) is 4.79 Å². The van der Waals surface area contributed by atoms with E-state index in [1.165, 1.54) is 38.5 Å². The Labute approximate surface area is 111 Å². The van der Waals surface area contributed by atoms with Crippen molar-refractivity contribution in [3.05, 3.63) is 0 Å². The van der Waals surface area contributed by atoms with Gasteiger partial charge in [0.15, 0.2) is 0 Å². The average molecular weight is 252 g/mol. The molecular weight excluding hydrogens is 224 g/mol. The molecule has 104 valence electrons. The van der Waals surface area contributed by atoms with Gasteiger partial charge in [-0.25, -0.2) is 0 Å². The number of carbonyl (C=O) groups is 1. The summed E-state index contributed by atoms with van der Waals surface area (Å²) in [7, 11) is 0. The van der Waals surface area contributed by atoms with Crippen molar-refractivity contribution in [2.45, 2.75) is 70.8 Å². The third-order valence-corrected chi connectivity index (χ3v) is 4.91. The first kappa shape index (κ1) is 13.9. The van der Waals surface area contributed by atoms with E-state index in [9.17, 15) is 4.79 Å². The van der Waals surface area contributed by atoms with Crippen LogP contribution in [0.25, 0.3) is 0 Å². The second kappa shape index (κ2) is 6.05. The van der Waals surface area contributed by atoms with Crippen molar-refractivity contribution in [2.24, 2.45) is 11.1 Å². The van der Waals surface area contributed by atoms with Gasteiger partial charge in [0.1, 0.15) is 0 Å². The first-order valence-electron chi connectivity index (χ1n) is 7.74. The first-order chi connectivity index (χ1) is 8.73. The van der Waals surface area contributed by atoms with Gasteiger partial charge < -0.3 is 10.6 Å². The van der Waals surface area contributed by atoms with Crippen LogP contribution in [0.3, 0.4) is 0 Å². The van der Waals surface area contributed by atoms with E-state index in [1.54, 1.807) is 0 Å². The van der Waals surface area contributed by atoms with Crippen LogP contribution >= 0.6 is 0 Å². The van der Waals surface area contributed by atoms with Crippen LogP contribution in [0.5, 0.6) is 0 Å². The Morgan fingerprint density at radius 2 is 2.00 bits per heavy atom. The summed E-state index contributed by atoms with van der Waals surface area (Å²) in [5.41, 5.74) is 5.74. The molecule has 1 saturated carbocycles. The number of carbonyl (C=O) groups excluding carboxylic acids is 1. The van der Waals surface area contributed by atoms with E-state index >= 15 is 0 Å². The Morgan fingerprint density at radius 3 is 2.61 bits per heavy atom. The Bertz CT molecular complexity index is 282. The van der Waals surface area contributed by atoms with Crippen molar-refractivity contribution >= 4 is 5.91 Å². The number of likely N-dealkylation sites (tertiary alicyclic amines) is 1. The lowest BCUT2D eigenvalue weighted by Crippen LogP contribution is -2.52. The fraction of sp³-hybridized carbons (Fsp3) is 0.933. The number of nitrogens with zero attached hydrogens (tertiary/aromatic N) is 1. The van der Waals surface area contributed by atoms with E-state index in [-0.39, 0.29) is 5.41 Å². The molecule has 0 aromatic carbocycles.